The van der Waals surface area contributed by atoms with Crippen LogP contribution in [0.25, 0.3) is 11.1 Å². The molecule has 3 aromatic rings. The highest BCUT2D eigenvalue weighted by atomic mass is 32.2. The van der Waals surface area contributed by atoms with Gasteiger partial charge in [0.15, 0.2) is 0 Å². The number of hydrogen-bond acceptors (Lipinski definition) is 7. The van der Waals surface area contributed by atoms with Gasteiger partial charge < -0.3 is 5.11 Å². The first-order valence-corrected chi connectivity index (χ1v) is 9.27. The number of nitrogens with one attached hydrogen (secondary N) is 1. The number of sulfonamides is 1. The summed E-state index contributed by atoms with van der Waals surface area (Å²) in [4.78, 5) is 15.0. The topological polar surface area (TPSA) is 122 Å². The van der Waals surface area contributed by atoms with Crippen molar-refractivity contribution in [1.82, 2.24) is 15.2 Å². The van der Waals surface area contributed by atoms with Crippen LogP contribution >= 0.6 is 11.3 Å². The number of aromatic carboxylic acids is 1. The molecule has 25 heavy (non-hydrogen) atoms. The fourth-order valence-corrected chi connectivity index (χ4v) is 3.87. The average molecular weight is 376 g/mol. The number of carboxylic acid groups (broad SMARTS) is 1. The molecule has 2 heterocycles. The van der Waals surface area contributed by atoms with Gasteiger partial charge in [-0.2, -0.15) is 0 Å². The summed E-state index contributed by atoms with van der Waals surface area (Å²) in [5.74, 6) is -1.08. The third-order valence-electron chi connectivity index (χ3n) is 3.23. The summed E-state index contributed by atoms with van der Waals surface area (Å²) in [6.07, 6.45) is 2.76. The second-order valence-corrected chi connectivity index (χ2v) is 7.89. The summed E-state index contributed by atoms with van der Waals surface area (Å²) in [6.45, 7) is 1.73. The highest BCUT2D eigenvalue weighted by molar-refractivity contribution is 7.93. The van der Waals surface area contributed by atoms with Crippen LogP contribution in [0.1, 0.15) is 15.4 Å². The van der Waals surface area contributed by atoms with Crippen LogP contribution in [-0.4, -0.2) is 34.7 Å². The average Bonchev–Trinajstić information content (AvgIpc) is 2.99. The number of pyridine rings is 1. The lowest BCUT2D eigenvalue weighted by molar-refractivity contribution is 0.0696. The Morgan fingerprint density at radius 1 is 1.12 bits per heavy atom. The second-order valence-electron chi connectivity index (χ2n) is 5.02. The fraction of sp³-hybridized carbons (Fsp3) is 0.0667. The minimum Gasteiger partial charge on any atom is -0.478 e. The first kappa shape index (κ1) is 17.0. The van der Waals surface area contributed by atoms with Crippen LogP contribution in [0.15, 0.2) is 47.6 Å². The van der Waals surface area contributed by atoms with Crippen molar-refractivity contribution in [3.8, 4) is 11.1 Å². The molecule has 0 fully saturated rings. The minimum atomic E-state index is -3.77. The molecule has 0 saturated carbocycles. The van der Waals surface area contributed by atoms with Gasteiger partial charge in [0.2, 0.25) is 5.13 Å². The van der Waals surface area contributed by atoms with Gasteiger partial charge in [-0.1, -0.05) is 23.5 Å². The monoisotopic (exact) mass is 376 g/mol. The molecule has 0 unspecified atom stereocenters. The molecule has 0 aliphatic carbocycles. The molecule has 1 aromatic carbocycles. The molecule has 0 saturated heterocycles. The van der Waals surface area contributed by atoms with E-state index < -0.39 is 16.0 Å². The molecule has 0 aliphatic rings. The van der Waals surface area contributed by atoms with Crippen molar-refractivity contribution in [3.63, 3.8) is 0 Å². The molecule has 0 spiro atoms. The van der Waals surface area contributed by atoms with E-state index in [2.05, 4.69) is 19.9 Å². The van der Waals surface area contributed by atoms with Crippen LogP contribution in [0.3, 0.4) is 0 Å². The quantitative estimate of drug-likeness (QED) is 0.701. The zero-order chi connectivity index (χ0) is 18.0. The van der Waals surface area contributed by atoms with Crippen LogP contribution in [0.5, 0.6) is 0 Å². The van der Waals surface area contributed by atoms with E-state index in [4.69, 9.17) is 5.11 Å². The highest BCUT2D eigenvalue weighted by Crippen LogP contribution is 2.23. The number of anilines is 1. The fourth-order valence-electron chi connectivity index (χ4n) is 2.05. The first-order valence-electron chi connectivity index (χ1n) is 6.97. The Hall–Kier alpha value is -2.85. The lowest BCUT2D eigenvalue weighted by Gasteiger charge is -2.07. The van der Waals surface area contributed by atoms with Gasteiger partial charge in [-0.3, -0.25) is 9.71 Å². The molecule has 128 valence electrons. The molecular weight excluding hydrogens is 364 g/mol. The predicted octanol–water partition coefficient (Wildman–Crippen LogP) is 2.41. The van der Waals surface area contributed by atoms with Crippen molar-refractivity contribution in [3.05, 3.63) is 53.3 Å². The SMILES string of the molecule is Cc1nnc(NS(=O)(=O)c2ccc(-c3cncc(C(=O)O)c3)cc2)s1. The Morgan fingerprint density at radius 2 is 1.84 bits per heavy atom. The molecule has 8 nitrogen and oxygen atoms in total. The van der Waals surface area contributed by atoms with Crippen LogP contribution < -0.4 is 4.72 Å². The Bertz CT molecular complexity index is 1030. The molecule has 0 radical (unpaired) electrons. The van der Waals surface area contributed by atoms with E-state index in [-0.39, 0.29) is 15.6 Å². The normalized spacial score (nSPS) is 11.2. The molecule has 3 rings (SSSR count). The zero-order valence-corrected chi connectivity index (χ0v) is 14.5. The third kappa shape index (κ3) is 3.80. The van der Waals surface area contributed by atoms with Gasteiger partial charge in [0.05, 0.1) is 10.5 Å². The van der Waals surface area contributed by atoms with Gasteiger partial charge in [0.25, 0.3) is 10.0 Å². The van der Waals surface area contributed by atoms with E-state index in [9.17, 15) is 13.2 Å². The van der Waals surface area contributed by atoms with Crippen LogP contribution in [0.4, 0.5) is 5.13 Å². The number of aromatic nitrogens is 3. The second kappa shape index (κ2) is 6.57. The maximum atomic E-state index is 12.3. The van der Waals surface area contributed by atoms with E-state index >= 15 is 0 Å². The minimum absolute atomic E-state index is 0.0579. The summed E-state index contributed by atoms with van der Waals surface area (Å²) in [5, 5.41) is 17.3. The van der Waals surface area contributed by atoms with Crippen molar-refractivity contribution in [1.29, 1.82) is 0 Å². The van der Waals surface area contributed by atoms with Crippen LogP contribution in [-0.2, 0) is 10.0 Å². The van der Waals surface area contributed by atoms with Gasteiger partial charge >= 0.3 is 5.97 Å². The van der Waals surface area contributed by atoms with Crippen molar-refractivity contribution in [2.24, 2.45) is 0 Å². The predicted molar refractivity (Wildman–Crippen MR) is 92.1 cm³/mol. The van der Waals surface area contributed by atoms with E-state index in [0.29, 0.717) is 16.1 Å². The number of carboxylic acids is 1. The lowest BCUT2D eigenvalue weighted by Crippen LogP contribution is -2.12. The van der Waals surface area contributed by atoms with Gasteiger partial charge in [0.1, 0.15) is 5.01 Å². The first-order chi connectivity index (χ1) is 11.8. The van der Waals surface area contributed by atoms with E-state index in [1.165, 1.54) is 30.6 Å². The van der Waals surface area contributed by atoms with Crippen molar-refractivity contribution in [2.75, 3.05) is 4.72 Å². The van der Waals surface area contributed by atoms with Crippen LogP contribution in [0, 0.1) is 6.92 Å². The Labute approximate surface area is 147 Å². The standard InChI is InChI=1S/C15H12N4O4S2/c1-9-17-18-15(24-9)19-25(22,23)13-4-2-10(3-5-13)11-6-12(14(20)21)8-16-7-11/h2-8H,1H3,(H,18,19)(H,20,21). The van der Waals surface area contributed by atoms with Crippen molar-refractivity contribution < 1.29 is 18.3 Å². The molecule has 2 aromatic heterocycles. The maximum absolute atomic E-state index is 12.3. The highest BCUT2D eigenvalue weighted by Gasteiger charge is 2.16. The number of aryl methyl sites for hydroxylation is 1. The molecule has 10 heteroatoms. The number of nitrogens with zero attached hydrogens (tertiary/aromatic N) is 3. The van der Waals surface area contributed by atoms with Crippen molar-refractivity contribution >= 4 is 32.5 Å². The third-order valence-corrected chi connectivity index (χ3v) is 5.47. The van der Waals surface area contributed by atoms with Gasteiger partial charge in [-0.05, 0) is 30.7 Å². The van der Waals surface area contributed by atoms with Crippen molar-refractivity contribution in [2.45, 2.75) is 11.8 Å². The molecular formula is C15H12N4O4S2. The largest absolute Gasteiger partial charge is 0.478 e. The molecule has 0 aliphatic heterocycles. The molecule has 0 amide bonds. The zero-order valence-electron chi connectivity index (χ0n) is 12.9. The van der Waals surface area contributed by atoms with E-state index in [1.54, 1.807) is 19.1 Å². The van der Waals surface area contributed by atoms with E-state index in [0.717, 1.165) is 11.3 Å². The molecule has 0 bridgehead atoms. The van der Waals surface area contributed by atoms with Gasteiger partial charge in [-0.15, -0.1) is 10.2 Å². The van der Waals surface area contributed by atoms with E-state index in [1.807, 2.05) is 0 Å². The summed E-state index contributed by atoms with van der Waals surface area (Å²) in [6, 6.07) is 7.50. The smallest absolute Gasteiger partial charge is 0.337 e. The number of hydrogen-bond donors (Lipinski definition) is 2. The molecule has 0 atom stereocenters. The van der Waals surface area contributed by atoms with Crippen LogP contribution in [0.2, 0.25) is 0 Å². The van der Waals surface area contributed by atoms with Gasteiger partial charge in [-0.25, -0.2) is 13.2 Å². The summed E-state index contributed by atoms with van der Waals surface area (Å²) in [7, 11) is -3.77. The lowest BCUT2D eigenvalue weighted by atomic mass is 10.1. The summed E-state index contributed by atoms with van der Waals surface area (Å²) < 4.78 is 27.0. The Kier molecular flexibility index (Phi) is 4.47. The molecule has 2 N–H and O–H groups in total. The summed E-state index contributed by atoms with van der Waals surface area (Å²) >= 11 is 1.14. The number of carbonyl (C=O) groups is 1. The summed E-state index contributed by atoms with van der Waals surface area (Å²) in [5.41, 5.74) is 1.29. The Balaban J connectivity index is 1.87. The number of rotatable bonds is 5. The maximum Gasteiger partial charge on any atom is 0.337 e. The Morgan fingerprint density at radius 3 is 2.44 bits per heavy atom. The number of benzene rings is 1. The van der Waals surface area contributed by atoms with Gasteiger partial charge in [0, 0.05) is 18.0 Å².